The zero-order valence-corrected chi connectivity index (χ0v) is 13.3. The molecule has 0 radical (unpaired) electrons. The molecular formula is C17H20N4O2. The number of piperazine rings is 1. The Kier molecular flexibility index (Phi) is 4.14. The van der Waals surface area contributed by atoms with Gasteiger partial charge in [0.15, 0.2) is 0 Å². The molecule has 1 saturated heterocycles. The van der Waals surface area contributed by atoms with Crippen molar-refractivity contribution >= 4 is 11.8 Å². The Hall–Kier alpha value is -2.63. The average molecular weight is 312 g/mol. The van der Waals surface area contributed by atoms with Crippen LogP contribution in [0.1, 0.15) is 29.0 Å². The lowest BCUT2D eigenvalue weighted by atomic mass is 10.0. The summed E-state index contributed by atoms with van der Waals surface area (Å²) in [5.41, 5.74) is 1.59. The number of nitrogens with zero attached hydrogens (tertiary/aromatic N) is 4. The maximum atomic E-state index is 12.9. The van der Waals surface area contributed by atoms with Gasteiger partial charge in [0.25, 0.3) is 5.91 Å². The summed E-state index contributed by atoms with van der Waals surface area (Å²) in [5.74, 6) is -0.0133. The standard InChI is InChI=1S/C17H20N4O2/c1-13(22)20-10-11-21(17(23)15-8-9-18-19(15)2)16(12-20)14-6-4-3-5-7-14/h3-9,16H,10-12H2,1-2H3/t16-/m1/s1. The predicted octanol–water partition coefficient (Wildman–Crippen LogP) is 1.47. The smallest absolute Gasteiger partial charge is 0.272 e. The van der Waals surface area contributed by atoms with E-state index in [1.807, 2.05) is 35.2 Å². The van der Waals surface area contributed by atoms with Gasteiger partial charge in [-0.2, -0.15) is 5.10 Å². The van der Waals surface area contributed by atoms with Crippen molar-refractivity contribution in [3.05, 3.63) is 53.9 Å². The van der Waals surface area contributed by atoms with Gasteiger partial charge in [0.2, 0.25) is 5.91 Å². The van der Waals surface area contributed by atoms with Gasteiger partial charge in [0, 0.05) is 39.8 Å². The Morgan fingerprint density at radius 3 is 2.48 bits per heavy atom. The molecule has 0 saturated carbocycles. The maximum absolute atomic E-state index is 12.9. The first kappa shape index (κ1) is 15.3. The van der Waals surface area contributed by atoms with E-state index in [1.54, 1.807) is 35.8 Å². The zero-order valence-electron chi connectivity index (χ0n) is 13.3. The van der Waals surface area contributed by atoms with Crippen LogP contribution < -0.4 is 0 Å². The summed E-state index contributed by atoms with van der Waals surface area (Å²) in [4.78, 5) is 28.3. The van der Waals surface area contributed by atoms with E-state index in [9.17, 15) is 9.59 Å². The minimum absolute atomic E-state index is 0.0403. The Labute approximate surface area is 135 Å². The molecular weight excluding hydrogens is 292 g/mol. The van der Waals surface area contributed by atoms with E-state index in [1.165, 1.54) is 0 Å². The van der Waals surface area contributed by atoms with Crippen LogP contribution >= 0.6 is 0 Å². The minimum atomic E-state index is -0.142. The van der Waals surface area contributed by atoms with Gasteiger partial charge in [-0.05, 0) is 11.6 Å². The first-order valence-electron chi connectivity index (χ1n) is 7.67. The zero-order chi connectivity index (χ0) is 16.4. The van der Waals surface area contributed by atoms with Crippen molar-refractivity contribution in [2.24, 2.45) is 7.05 Å². The summed E-state index contributed by atoms with van der Waals surface area (Å²) in [6.45, 7) is 3.16. The Balaban J connectivity index is 1.92. The molecule has 6 heteroatoms. The summed E-state index contributed by atoms with van der Waals surface area (Å²) in [5, 5.41) is 4.08. The van der Waals surface area contributed by atoms with Crippen LogP contribution in [0.2, 0.25) is 0 Å². The molecule has 0 unspecified atom stereocenters. The van der Waals surface area contributed by atoms with Gasteiger partial charge in [-0.3, -0.25) is 14.3 Å². The number of carbonyl (C=O) groups is 2. The largest absolute Gasteiger partial charge is 0.339 e. The third-order valence-corrected chi connectivity index (χ3v) is 4.31. The van der Waals surface area contributed by atoms with Crippen molar-refractivity contribution in [1.29, 1.82) is 0 Å². The number of amides is 2. The number of hydrogen-bond donors (Lipinski definition) is 0. The fourth-order valence-corrected chi connectivity index (χ4v) is 3.00. The average Bonchev–Trinajstić information content (AvgIpc) is 3.00. The third-order valence-electron chi connectivity index (χ3n) is 4.31. The number of carbonyl (C=O) groups excluding carboxylic acids is 2. The van der Waals surface area contributed by atoms with E-state index in [4.69, 9.17) is 0 Å². The molecule has 2 aromatic rings. The number of rotatable bonds is 2. The van der Waals surface area contributed by atoms with Crippen LogP contribution in [0.5, 0.6) is 0 Å². The predicted molar refractivity (Wildman–Crippen MR) is 85.7 cm³/mol. The van der Waals surface area contributed by atoms with E-state index < -0.39 is 0 Å². The molecule has 6 nitrogen and oxygen atoms in total. The van der Waals surface area contributed by atoms with Gasteiger partial charge in [0.05, 0.1) is 6.04 Å². The highest BCUT2D eigenvalue weighted by Gasteiger charge is 2.33. The highest BCUT2D eigenvalue weighted by atomic mass is 16.2. The highest BCUT2D eigenvalue weighted by Crippen LogP contribution is 2.27. The second-order valence-corrected chi connectivity index (χ2v) is 5.73. The van der Waals surface area contributed by atoms with Crippen LogP contribution in [0.4, 0.5) is 0 Å². The second kappa shape index (κ2) is 6.24. The highest BCUT2D eigenvalue weighted by molar-refractivity contribution is 5.93. The van der Waals surface area contributed by atoms with Crippen LogP contribution in [-0.4, -0.2) is 51.0 Å². The van der Waals surface area contributed by atoms with Crippen LogP contribution in [0.25, 0.3) is 0 Å². The van der Waals surface area contributed by atoms with Crippen LogP contribution in [-0.2, 0) is 11.8 Å². The topological polar surface area (TPSA) is 58.4 Å². The van der Waals surface area contributed by atoms with E-state index in [0.717, 1.165) is 5.56 Å². The molecule has 1 aromatic heterocycles. The monoisotopic (exact) mass is 312 g/mol. The third kappa shape index (κ3) is 2.97. The minimum Gasteiger partial charge on any atom is -0.339 e. The lowest BCUT2D eigenvalue weighted by molar-refractivity contribution is -0.131. The summed E-state index contributed by atoms with van der Waals surface area (Å²) < 4.78 is 1.59. The molecule has 0 aliphatic carbocycles. The number of benzene rings is 1. The molecule has 2 amide bonds. The van der Waals surface area contributed by atoms with Crippen LogP contribution in [0, 0.1) is 0 Å². The fraction of sp³-hybridized carbons (Fsp3) is 0.353. The molecule has 1 fully saturated rings. The van der Waals surface area contributed by atoms with Crippen molar-refractivity contribution in [1.82, 2.24) is 19.6 Å². The van der Waals surface area contributed by atoms with Gasteiger partial charge in [-0.15, -0.1) is 0 Å². The maximum Gasteiger partial charge on any atom is 0.272 e. The molecule has 3 rings (SSSR count). The molecule has 23 heavy (non-hydrogen) atoms. The van der Waals surface area contributed by atoms with Crippen molar-refractivity contribution in [2.45, 2.75) is 13.0 Å². The first-order chi connectivity index (χ1) is 11.1. The molecule has 1 aliphatic rings. The molecule has 0 spiro atoms. The van der Waals surface area contributed by atoms with E-state index in [-0.39, 0.29) is 17.9 Å². The molecule has 0 N–H and O–H groups in total. The Bertz CT molecular complexity index is 710. The lowest BCUT2D eigenvalue weighted by Crippen LogP contribution is -2.52. The number of hydrogen-bond acceptors (Lipinski definition) is 3. The van der Waals surface area contributed by atoms with Crippen molar-refractivity contribution < 1.29 is 9.59 Å². The quantitative estimate of drug-likeness (QED) is 0.843. The SMILES string of the molecule is CC(=O)N1CCN(C(=O)c2ccnn2C)[C@@H](c2ccccc2)C1. The van der Waals surface area contributed by atoms with E-state index in [2.05, 4.69) is 5.10 Å². The second-order valence-electron chi connectivity index (χ2n) is 5.73. The Morgan fingerprint density at radius 2 is 1.87 bits per heavy atom. The van der Waals surface area contributed by atoms with Crippen LogP contribution in [0.3, 0.4) is 0 Å². The summed E-state index contributed by atoms with van der Waals surface area (Å²) >= 11 is 0. The molecule has 1 atom stereocenters. The number of aromatic nitrogens is 2. The summed E-state index contributed by atoms with van der Waals surface area (Å²) in [6, 6.07) is 11.4. The van der Waals surface area contributed by atoms with Crippen molar-refractivity contribution in [3.8, 4) is 0 Å². The molecule has 1 aromatic carbocycles. The van der Waals surface area contributed by atoms with Crippen LogP contribution in [0.15, 0.2) is 42.6 Å². The van der Waals surface area contributed by atoms with E-state index in [0.29, 0.717) is 25.3 Å². The van der Waals surface area contributed by atoms with Gasteiger partial charge in [-0.25, -0.2) is 0 Å². The van der Waals surface area contributed by atoms with Gasteiger partial charge >= 0.3 is 0 Å². The Morgan fingerprint density at radius 1 is 1.13 bits per heavy atom. The molecule has 2 heterocycles. The first-order valence-corrected chi connectivity index (χ1v) is 7.67. The summed E-state index contributed by atoms with van der Waals surface area (Å²) in [6.07, 6.45) is 1.62. The molecule has 0 bridgehead atoms. The van der Waals surface area contributed by atoms with E-state index >= 15 is 0 Å². The lowest BCUT2D eigenvalue weighted by Gasteiger charge is -2.41. The van der Waals surface area contributed by atoms with Gasteiger partial charge in [-0.1, -0.05) is 30.3 Å². The normalized spacial score (nSPS) is 18.1. The number of aryl methyl sites for hydroxylation is 1. The molecule has 120 valence electrons. The van der Waals surface area contributed by atoms with Crippen molar-refractivity contribution in [3.63, 3.8) is 0 Å². The fourth-order valence-electron chi connectivity index (χ4n) is 3.00. The van der Waals surface area contributed by atoms with Gasteiger partial charge in [0.1, 0.15) is 5.69 Å². The van der Waals surface area contributed by atoms with Crippen molar-refractivity contribution in [2.75, 3.05) is 19.6 Å². The molecule has 1 aliphatic heterocycles. The summed E-state index contributed by atoms with van der Waals surface area (Å²) in [7, 11) is 1.76. The van der Waals surface area contributed by atoms with Gasteiger partial charge < -0.3 is 9.80 Å².